The number of halogens is 5. The van der Waals surface area contributed by atoms with Crippen molar-refractivity contribution in [2.24, 2.45) is 23.7 Å². The van der Waals surface area contributed by atoms with Crippen molar-refractivity contribution in [3.63, 3.8) is 0 Å². The van der Waals surface area contributed by atoms with Crippen LogP contribution in [0.4, 0.5) is 8.78 Å². The van der Waals surface area contributed by atoms with Crippen molar-refractivity contribution in [2.45, 2.75) is 70.7 Å². The molecule has 0 spiro atoms. The Labute approximate surface area is 339 Å². The summed E-state index contributed by atoms with van der Waals surface area (Å²) in [4.78, 5) is 41.8. The molecule has 2 heterocycles. The number of esters is 2. The number of carbonyl (C=O) groups excluding carboxylic acids is 2. The number of carbonyl (C=O) groups is 2. The average molecular weight is 938 g/mol. The summed E-state index contributed by atoms with van der Waals surface area (Å²) in [6.45, 7) is 8.19. The Morgan fingerprint density at radius 3 is 1.89 bits per heavy atom. The summed E-state index contributed by atoms with van der Waals surface area (Å²) in [7, 11) is 0. The molecule has 0 saturated heterocycles. The first-order valence-corrected chi connectivity index (χ1v) is 20.1. The summed E-state index contributed by atoms with van der Waals surface area (Å²) in [5.74, 6) is 1.01. The van der Waals surface area contributed by atoms with Crippen LogP contribution in [-0.2, 0) is 31.9 Å². The van der Waals surface area contributed by atoms with E-state index in [2.05, 4.69) is 57.8 Å². The van der Waals surface area contributed by atoms with Crippen LogP contribution in [0.3, 0.4) is 0 Å². The number of ether oxygens (including phenoxy) is 3. The summed E-state index contributed by atoms with van der Waals surface area (Å²) < 4.78 is 44.7. The van der Waals surface area contributed by atoms with Crippen molar-refractivity contribution in [2.75, 3.05) is 13.2 Å². The molecule has 2 unspecified atom stereocenters. The van der Waals surface area contributed by atoms with E-state index in [-0.39, 0.29) is 65.1 Å². The third-order valence-corrected chi connectivity index (χ3v) is 11.7. The van der Waals surface area contributed by atoms with Gasteiger partial charge in [-0.3, -0.25) is 14.4 Å². The summed E-state index contributed by atoms with van der Waals surface area (Å²) in [6, 6.07) is 13.3. The first kappa shape index (κ1) is 41.7. The highest BCUT2D eigenvalue weighted by atomic mass is 79.9. The van der Waals surface area contributed by atoms with Gasteiger partial charge >= 0.3 is 11.9 Å². The zero-order valence-corrected chi connectivity index (χ0v) is 34.3. The van der Waals surface area contributed by atoms with Crippen LogP contribution in [0.15, 0.2) is 74.7 Å². The molecule has 4 aromatic rings. The molecule has 8 rings (SSSR count). The van der Waals surface area contributed by atoms with Gasteiger partial charge in [0.15, 0.2) is 0 Å². The summed E-state index contributed by atoms with van der Waals surface area (Å²) >= 11 is 9.94. The topological polar surface area (TPSA) is 108 Å². The number of rotatable bonds is 8. The fourth-order valence-electron chi connectivity index (χ4n) is 7.66. The molecule has 0 amide bonds. The van der Waals surface area contributed by atoms with E-state index in [4.69, 9.17) is 14.2 Å². The summed E-state index contributed by atoms with van der Waals surface area (Å²) in [5.41, 5.74) is 5.59. The minimum absolute atomic E-state index is 0. The molecule has 4 aliphatic carbocycles. The summed E-state index contributed by atoms with van der Waals surface area (Å²) in [6.07, 6.45) is 4.76. The molecule has 0 aliphatic heterocycles. The van der Waals surface area contributed by atoms with Crippen LogP contribution >= 0.6 is 47.8 Å². The highest BCUT2D eigenvalue weighted by Gasteiger charge is 2.61. The van der Waals surface area contributed by atoms with Crippen molar-refractivity contribution in [3.8, 4) is 5.88 Å². The lowest BCUT2D eigenvalue weighted by atomic mass is 10.0. The maximum absolute atomic E-state index is 14.0. The van der Waals surface area contributed by atoms with Crippen molar-refractivity contribution >= 4 is 59.7 Å². The van der Waals surface area contributed by atoms with Gasteiger partial charge in [-0.05, 0) is 111 Å². The van der Waals surface area contributed by atoms with Gasteiger partial charge in [0.2, 0.25) is 11.4 Å². The van der Waals surface area contributed by atoms with Crippen molar-refractivity contribution in [3.05, 3.63) is 125 Å². The third-order valence-electron chi connectivity index (χ3n) is 10.2. The van der Waals surface area contributed by atoms with Crippen LogP contribution in [0.25, 0.3) is 0 Å². The lowest BCUT2D eigenvalue weighted by molar-refractivity contribution is -0.146. The predicted octanol–water partition coefficient (Wildman–Crippen LogP) is 10.1. The number of fused-ring (bicyclic) bond motifs is 6. The molecule has 54 heavy (non-hydrogen) atoms. The molecule has 1 N–H and O–H groups in total. The van der Waals surface area contributed by atoms with Gasteiger partial charge in [0.1, 0.15) is 17.7 Å². The van der Waals surface area contributed by atoms with Gasteiger partial charge < -0.3 is 19.2 Å². The zero-order chi connectivity index (χ0) is 38.1. The maximum atomic E-state index is 14.0. The number of aromatic amines is 1. The van der Waals surface area contributed by atoms with E-state index in [0.717, 1.165) is 44.0 Å². The number of hydrogen-bond donors (Lipinski definition) is 1. The molecular formula is C41H43Br3F2N2O6. The SMILES string of the molecule is C.CC(Br)c1cc(Br)ccc1F.CCOC(=O)[C@H]1[C@@H]2Cc3cc(=O)[nH]cc3[C@@H]21.CCOC(=O)[C@H]1[C@@H]2Cc3cc(OC(C)c4cc(Br)ccc4F)ncc3[C@@H]21. The van der Waals surface area contributed by atoms with E-state index < -0.39 is 6.10 Å². The molecule has 0 bridgehead atoms. The van der Waals surface area contributed by atoms with Crippen molar-refractivity contribution in [1.82, 2.24) is 9.97 Å². The number of nitrogens with one attached hydrogen (secondary N) is 1. The van der Waals surface area contributed by atoms with Crippen LogP contribution in [-0.4, -0.2) is 35.1 Å². The Kier molecular flexibility index (Phi) is 13.6. The van der Waals surface area contributed by atoms with Crippen molar-refractivity contribution < 1.29 is 32.6 Å². The highest BCUT2D eigenvalue weighted by Crippen LogP contribution is 2.62. The van der Waals surface area contributed by atoms with Gasteiger partial charge in [-0.25, -0.2) is 13.8 Å². The first-order chi connectivity index (χ1) is 25.3. The standard InChI is InChI=1S/C20H19BrFNO3.C12H13NO3.C8H7Br2F.CH4/c1-3-25-20(24)19-14-6-11-7-17(23-9-15(11)18(14)19)26-10(2)13-8-12(21)4-5-16(13)22;1-2-16-12(15)11-7-3-6-4-9(14)13-5-8(6)10(7)11;1-5(9)7-4-6(10)2-3-8(7)11;/h4-5,7-10,14,18-19H,3,6H2,1-2H3;4-5,7,10-11H,2-3H2,1H3,(H,13,14);2-5H,1H3;1H4/t10?,14-,18-,19+;7-,10-,11+;;/m11../s1. The average Bonchev–Trinajstić information content (AvgIpc) is 3.93. The lowest BCUT2D eigenvalue weighted by Gasteiger charge is -2.16. The number of hydrogen-bond acceptors (Lipinski definition) is 7. The Balaban J connectivity index is 0.000000171. The molecule has 2 saturated carbocycles. The molecule has 288 valence electrons. The van der Waals surface area contributed by atoms with Gasteiger partial charge in [0.25, 0.3) is 0 Å². The largest absolute Gasteiger partial charge is 0.470 e. The van der Waals surface area contributed by atoms with E-state index in [1.165, 1.54) is 12.1 Å². The van der Waals surface area contributed by atoms with Crippen LogP contribution in [0.1, 0.15) is 91.3 Å². The van der Waals surface area contributed by atoms with Crippen LogP contribution in [0.5, 0.6) is 5.88 Å². The molecule has 2 aromatic carbocycles. The second-order valence-corrected chi connectivity index (χ2v) is 16.8. The Morgan fingerprint density at radius 2 is 1.35 bits per heavy atom. The molecule has 0 radical (unpaired) electrons. The Hall–Kier alpha value is -3.42. The second-order valence-electron chi connectivity index (χ2n) is 13.6. The van der Waals surface area contributed by atoms with Gasteiger partial charge in [0.05, 0.1) is 25.0 Å². The third kappa shape index (κ3) is 8.99. The number of benzene rings is 2. The molecule has 4 aliphatic rings. The monoisotopic (exact) mass is 934 g/mol. The molecular weight excluding hydrogens is 894 g/mol. The van der Waals surface area contributed by atoms with Crippen LogP contribution in [0, 0.1) is 35.3 Å². The molecule has 13 heteroatoms. The number of nitrogens with zero attached hydrogens (tertiary/aromatic N) is 1. The van der Waals surface area contributed by atoms with Gasteiger partial charge in [-0.2, -0.15) is 0 Å². The van der Waals surface area contributed by atoms with Gasteiger partial charge in [0, 0.05) is 61.3 Å². The molecule has 8 atom stereocenters. The predicted molar refractivity (Wildman–Crippen MR) is 213 cm³/mol. The molecule has 2 aromatic heterocycles. The van der Waals surface area contributed by atoms with Gasteiger partial charge in [-0.15, -0.1) is 0 Å². The number of H-pyrrole nitrogens is 1. The number of alkyl halides is 1. The van der Waals surface area contributed by atoms with E-state index in [9.17, 15) is 23.2 Å². The minimum Gasteiger partial charge on any atom is -0.470 e. The smallest absolute Gasteiger partial charge is 0.309 e. The van der Waals surface area contributed by atoms with E-state index in [1.54, 1.807) is 49.6 Å². The fraction of sp³-hybridized carbons (Fsp3) is 0.415. The maximum Gasteiger partial charge on any atom is 0.309 e. The first-order valence-electron chi connectivity index (χ1n) is 17.6. The minimum atomic E-state index is -0.457. The number of pyridine rings is 2. The summed E-state index contributed by atoms with van der Waals surface area (Å²) in [5, 5.41) is 0. The quantitative estimate of drug-likeness (QED) is 0.139. The normalized spacial score (nSPS) is 22.8. The second kappa shape index (κ2) is 17.6. The lowest BCUT2D eigenvalue weighted by Crippen LogP contribution is -2.13. The van der Waals surface area contributed by atoms with Crippen LogP contribution in [0.2, 0.25) is 0 Å². The van der Waals surface area contributed by atoms with E-state index in [0.29, 0.717) is 42.1 Å². The van der Waals surface area contributed by atoms with Gasteiger partial charge in [-0.1, -0.05) is 55.2 Å². The fourth-order valence-corrected chi connectivity index (χ4v) is 8.77. The van der Waals surface area contributed by atoms with Crippen molar-refractivity contribution in [1.29, 1.82) is 0 Å². The molecule has 8 nitrogen and oxygen atoms in total. The molecule has 2 fully saturated rings. The van der Waals surface area contributed by atoms with E-state index in [1.807, 2.05) is 26.8 Å². The highest BCUT2D eigenvalue weighted by molar-refractivity contribution is 9.10. The Morgan fingerprint density at radius 1 is 0.833 bits per heavy atom. The van der Waals surface area contributed by atoms with Crippen LogP contribution < -0.4 is 10.3 Å². The zero-order valence-electron chi connectivity index (χ0n) is 29.5. The number of aromatic nitrogens is 2. The van der Waals surface area contributed by atoms with E-state index >= 15 is 0 Å². The Bertz CT molecular complexity index is 2080.